The van der Waals surface area contributed by atoms with Crippen LogP contribution in [0.25, 0.3) is 11.0 Å². The molecule has 0 bridgehead atoms. The van der Waals surface area contributed by atoms with Crippen molar-refractivity contribution in [3.05, 3.63) is 24.0 Å². The zero-order valence-electron chi connectivity index (χ0n) is 11.7. The molecule has 2 aromatic rings. The molecular formula is C16H21N3O. The molecule has 20 heavy (non-hydrogen) atoms. The number of imidazole rings is 1. The molecule has 2 fully saturated rings. The van der Waals surface area contributed by atoms with Gasteiger partial charge in [-0.05, 0) is 49.8 Å². The van der Waals surface area contributed by atoms with Crippen LogP contribution in [-0.2, 0) is 11.3 Å². The molecule has 4 heteroatoms. The summed E-state index contributed by atoms with van der Waals surface area (Å²) in [7, 11) is 0. The van der Waals surface area contributed by atoms with E-state index in [9.17, 15) is 0 Å². The summed E-state index contributed by atoms with van der Waals surface area (Å²) in [6, 6.07) is 6.12. The molecule has 0 spiro atoms. The lowest BCUT2D eigenvalue weighted by molar-refractivity contribution is 0.0613. The number of nitrogen functional groups attached to an aromatic ring is 1. The third kappa shape index (κ3) is 2.18. The number of anilines is 1. The lowest BCUT2D eigenvalue weighted by Gasteiger charge is -2.23. The monoisotopic (exact) mass is 271 g/mol. The molecule has 1 saturated carbocycles. The first-order valence-corrected chi connectivity index (χ1v) is 7.64. The summed E-state index contributed by atoms with van der Waals surface area (Å²) in [6.45, 7) is 2.89. The van der Waals surface area contributed by atoms with Crippen molar-refractivity contribution in [2.24, 2.45) is 5.92 Å². The number of benzene rings is 1. The van der Waals surface area contributed by atoms with Gasteiger partial charge in [-0.3, -0.25) is 0 Å². The van der Waals surface area contributed by atoms with Crippen LogP contribution in [0, 0.1) is 5.92 Å². The number of nitrogens with two attached hydrogens (primary N) is 1. The number of nitrogens with zero attached hydrogens (tertiary/aromatic N) is 2. The summed E-state index contributed by atoms with van der Waals surface area (Å²) in [6.07, 6.45) is 4.90. The molecule has 4 rings (SSSR count). The van der Waals surface area contributed by atoms with E-state index in [1.165, 1.54) is 37.0 Å². The summed E-state index contributed by atoms with van der Waals surface area (Å²) in [5.41, 5.74) is 8.99. The van der Waals surface area contributed by atoms with Gasteiger partial charge in [0, 0.05) is 31.4 Å². The van der Waals surface area contributed by atoms with Crippen molar-refractivity contribution >= 4 is 16.7 Å². The molecule has 0 radical (unpaired) electrons. The van der Waals surface area contributed by atoms with Crippen molar-refractivity contribution in [3.63, 3.8) is 0 Å². The molecule has 1 aliphatic heterocycles. The fourth-order valence-electron chi connectivity index (χ4n) is 3.20. The third-order valence-electron chi connectivity index (χ3n) is 4.53. The number of hydrogen-bond donors (Lipinski definition) is 1. The standard InChI is InChI=1S/C16H21N3O/c17-13-3-4-15-14(9-13)18-16(12-1-2-12)19(15)10-11-5-7-20-8-6-11/h3-4,9,11-12H,1-2,5-8,10,17H2. The van der Waals surface area contributed by atoms with Crippen molar-refractivity contribution < 1.29 is 4.74 Å². The summed E-state index contributed by atoms with van der Waals surface area (Å²) in [5.74, 6) is 2.66. The maximum absolute atomic E-state index is 5.89. The number of rotatable bonds is 3. The average Bonchev–Trinajstić information content (AvgIpc) is 3.24. The zero-order valence-corrected chi connectivity index (χ0v) is 11.7. The third-order valence-corrected chi connectivity index (χ3v) is 4.53. The van der Waals surface area contributed by atoms with Crippen molar-refractivity contribution in [1.82, 2.24) is 9.55 Å². The molecule has 1 aliphatic carbocycles. The molecule has 2 heterocycles. The Morgan fingerprint density at radius 1 is 1.20 bits per heavy atom. The Kier molecular flexibility index (Phi) is 2.91. The first-order chi connectivity index (χ1) is 9.81. The Balaban J connectivity index is 1.73. The van der Waals surface area contributed by atoms with Gasteiger partial charge in [-0.15, -0.1) is 0 Å². The second kappa shape index (κ2) is 4.77. The minimum atomic E-state index is 0.670. The number of aromatic nitrogens is 2. The smallest absolute Gasteiger partial charge is 0.113 e. The Hall–Kier alpha value is -1.55. The van der Waals surface area contributed by atoms with Crippen LogP contribution in [0.1, 0.15) is 37.4 Å². The van der Waals surface area contributed by atoms with E-state index in [0.29, 0.717) is 5.92 Å². The minimum Gasteiger partial charge on any atom is -0.399 e. The SMILES string of the molecule is Nc1ccc2c(c1)nc(C1CC1)n2CC1CCOCC1. The van der Waals surface area contributed by atoms with E-state index in [-0.39, 0.29) is 0 Å². The molecule has 2 aliphatic rings. The Morgan fingerprint density at radius 3 is 2.75 bits per heavy atom. The maximum Gasteiger partial charge on any atom is 0.113 e. The number of ether oxygens (including phenoxy) is 1. The van der Waals surface area contributed by atoms with Crippen molar-refractivity contribution in [3.8, 4) is 0 Å². The molecule has 1 aromatic carbocycles. The van der Waals surface area contributed by atoms with Gasteiger partial charge in [0.1, 0.15) is 5.82 Å². The molecular weight excluding hydrogens is 250 g/mol. The molecule has 4 nitrogen and oxygen atoms in total. The summed E-state index contributed by atoms with van der Waals surface area (Å²) < 4.78 is 7.92. The molecule has 1 saturated heterocycles. The lowest BCUT2D eigenvalue weighted by Crippen LogP contribution is -2.21. The number of hydrogen-bond acceptors (Lipinski definition) is 3. The first kappa shape index (κ1) is 12.2. The highest BCUT2D eigenvalue weighted by Gasteiger charge is 2.30. The van der Waals surface area contributed by atoms with Gasteiger partial charge in [0.05, 0.1) is 11.0 Å². The fraction of sp³-hybridized carbons (Fsp3) is 0.562. The van der Waals surface area contributed by atoms with Crippen LogP contribution in [0.3, 0.4) is 0 Å². The van der Waals surface area contributed by atoms with Crippen molar-refractivity contribution in [2.75, 3.05) is 18.9 Å². The topological polar surface area (TPSA) is 53.1 Å². The van der Waals surface area contributed by atoms with Crippen LogP contribution >= 0.6 is 0 Å². The second-order valence-electron chi connectivity index (χ2n) is 6.16. The van der Waals surface area contributed by atoms with Crippen LogP contribution in [0.2, 0.25) is 0 Å². The summed E-state index contributed by atoms with van der Waals surface area (Å²) in [4.78, 5) is 4.85. The van der Waals surface area contributed by atoms with Gasteiger partial charge in [-0.2, -0.15) is 0 Å². The van der Waals surface area contributed by atoms with Gasteiger partial charge in [-0.1, -0.05) is 0 Å². The predicted molar refractivity (Wildman–Crippen MR) is 79.7 cm³/mol. The van der Waals surface area contributed by atoms with Crippen LogP contribution in [0.5, 0.6) is 0 Å². The van der Waals surface area contributed by atoms with Gasteiger partial charge in [0.25, 0.3) is 0 Å². The van der Waals surface area contributed by atoms with Crippen molar-refractivity contribution in [1.29, 1.82) is 0 Å². The fourth-order valence-corrected chi connectivity index (χ4v) is 3.20. The van der Waals surface area contributed by atoms with E-state index in [4.69, 9.17) is 15.5 Å². The lowest BCUT2D eigenvalue weighted by atomic mass is 10.00. The van der Waals surface area contributed by atoms with Crippen LogP contribution in [-0.4, -0.2) is 22.8 Å². The highest BCUT2D eigenvalue weighted by molar-refractivity contribution is 5.79. The highest BCUT2D eigenvalue weighted by atomic mass is 16.5. The van der Waals surface area contributed by atoms with Gasteiger partial charge in [0.2, 0.25) is 0 Å². The quantitative estimate of drug-likeness (QED) is 0.873. The van der Waals surface area contributed by atoms with E-state index >= 15 is 0 Å². The van der Waals surface area contributed by atoms with Gasteiger partial charge >= 0.3 is 0 Å². The molecule has 106 valence electrons. The summed E-state index contributed by atoms with van der Waals surface area (Å²) in [5, 5.41) is 0. The number of fused-ring (bicyclic) bond motifs is 1. The van der Waals surface area contributed by atoms with E-state index in [1.807, 2.05) is 12.1 Å². The van der Waals surface area contributed by atoms with Crippen molar-refractivity contribution in [2.45, 2.75) is 38.1 Å². The molecule has 0 amide bonds. The van der Waals surface area contributed by atoms with Gasteiger partial charge in [0.15, 0.2) is 0 Å². The van der Waals surface area contributed by atoms with E-state index in [2.05, 4.69) is 10.6 Å². The molecule has 0 atom stereocenters. The largest absolute Gasteiger partial charge is 0.399 e. The Labute approximate surface area is 118 Å². The maximum atomic E-state index is 5.89. The van der Waals surface area contributed by atoms with E-state index < -0.39 is 0 Å². The van der Waals surface area contributed by atoms with Crippen LogP contribution in [0.4, 0.5) is 5.69 Å². The second-order valence-corrected chi connectivity index (χ2v) is 6.16. The van der Waals surface area contributed by atoms with E-state index in [0.717, 1.165) is 36.9 Å². The molecule has 1 aromatic heterocycles. The first-order valence-electron chi connectivity index (χ1n) is 7.64. The van der Waals surface area contributed by atoms with Gasteiger partial charge in [-0.25, -0.2) is 4.98 Å². The molecule has 2 N–H and O–H groups in total. The predicted octanol–water partition coefficient (Wildman–Crippen LogP) is 2.92. The normalized spacial score (nSPS) is 20.6. The average molecular weight is 271 g/mol. The van der Waals surface area contributed by atoms with Crippen LogP contribution in [0.15, 0.2) is 18.2 Å². The van der Waals surface area contributed by atoms with E-state index in [1.54, 1.807) is 0 Å². The minimum absolute atomic E-state index is 0.670. The molecule has 0 unspecified atom stereocenters. The van der Waals surface area contributed by atoms with Gasteiger partial charge < -0.3 is 15.0 Å². The Bertz CT molecular complexity index is 624. The van der Waals surface area contributed by atoms with Crippen LogP contribution < -0.4 is 5.73 Å². The Morgan fingerprint density at radius 2 is 2.00 bits per heavy atom. The highest BCUT2D eigenvalue weighted by Crippen LogP contribution is 2.41. The zero-order chi connectivity index (χ0) is 13.5. The summed E-state index contributed by atoms with van der Waals surface area (Å²) >= 11 is 0.